The van der Waals surface area contributed by atoms with Crippen LogP contribution in [-0.2, 0) is 4.79 Å². The molecular weight excluding hydrogens is 304 g/mol. The van der Waals surface area contributed by atoms with Crippen molar-refractivity contribution in [1.82, 2.24) is 0 Å². The fourth-order valence-electron chi connectivity index (χ4n) is 2.72. The number of phenols is 2. The Morgan fingerprint density at radius 2 is 1.21 bits per heavy atom. The molecule has 122 valence electrons. The van der Waals surface area contributed by atoms with E-state index >= 15 is 0 Å². The van der Waals surface area contributed by atoms with Gasteiger partial charge in [0.25, 0.3) is 0 Å². The van der Waals surface area contributed by atoms with Gasteiger partial charge in [-0.1, -0.05) is 0 Å². The van der Waals surface area contributed by atoms with Crippen LogP contribution < -0.4 is 11.5 Å². The second kappa shape index (κ2) is 6.12. The molecule has 24 heavy (non-hydrogen) atoms. The van der Waals surface area contributed by atoms with Crippen LogP contribution in [0.1, 0.15) is 24.0 Å². The zero-order valence-electron chi connectivity index (χ0n) is 13.0. The number of hydrogen-bond donors (Lipinski definition) is 4. The molecule has 0 heterocycles. The van der Waals surface area contributed by atoms with Gasteiger partial charge >= 0.3 is 0 Å². The molecule has 2 aromatic carbocycles. The van der Waals surface area contributed by atoms with E-state index in [2.05, 4.69) is 0 Å². The average molecular weight is 322 g/mol. The maximum absolute atomic E-state index is 12.5. The number of rotatable bonds is 2. The molecule has 1 fully saturated rings. The Hall–Kier alpha value is -3.21. The lowest BCUT2D eigenvalue weighted by Gasteiger charge is -2.03. The lowest BCUT2D eigenvalue weighted by atomic mass is 10.1. The maximum Gasteiger partial charge on any atom is 0.185 e. The third-order valence-electron chi connectivity index (χ3n) is 4.02. The molecule has 0 saturated heterocycles. The number of hydrogen-bond acceptors (Lipinski definition) is 5. The van der Waals surface area contributed by atoms with E-state index in [0.717, 1.165) is 0 Å². The number of aromatic hydroxyl groups is 2. The molecule has 0 spiro atoms. The lowest BCUT2D eigenvalue weighted by Crippen LogP contribution is -1.96. The minimum atomic E-state index is -0.0811. The molecule has 1 aliphatic rings. The van der Waals surface area contributed by atoms with Gasteiger partial charge in [-0.05, 0) is 49.3 Å². The summed E-state index contributed by atoms with van der Waals surface area (Å²) in [5.41, 5.74) is 14.5. The second-order valence-electron chi connectivity index (χ2n) is 5.80. The number of nitrogen functional groups attached to an aromatic ring is 2. The number of phenolic OH excluding ortho intramolecular Hbond substituents is 2. The lowest BCUT2D eigenvalue weighted by molar-refractivity contribution is -0.111. The van der Waals surface area contributed by atoms with E-state index in [0.29, 0.717) is 46.5 Å². The van der Waals surface area contributed by atoms with Crippen molar-refractivity contribution >= 4 is 29.3 Å². The van der Waals surface area contributed by atoms with Crippen LogP contribution in [0.5, 0.6) is 11.5 Å². The Bertz CT molecular complexity index is 811. The summed E-state index contributed by atoms with van der Waals surface area (Å²) in [6.45, 7) is 0. The molecular formula is C19H18N2O3. The van der Waals surface area contributed by atoms with Gasteiger partial charge in [0, 0.05) is 45.8 Å². The number of ketones is 1. The van der Waals surface area contributed by atoms with Crippen molar-refractivity contribution in [1.29, 1.82) is 0 Å². The molecule has 0 aliphatic heterocycles. The van der Waals surface area contributed by atoms with Crippen LogP contribution in [0.4, 0.5) is 11.4 Å². The summed E-state index contributed by atoms with van der Waals surface area (Å²) in [6, 6.07) is 9.62. The number of carbonyl (C=O) groups is 1. The largest absolute Gasteiger partial charge is 0.507 e. The number of Topliss-reactive ketones (excluding diaryl/α,β-unsaturated/α-hetero) is 1. The van der Waals surface area contributed by atoms with E-state index < -0.39 is 0 Å². The van der Waals surface area contributed by atoms with Gasteiger partial charge in [-0.15, -0.1) is 0 Å². The predicted molar refractivity (Wildman–Crippen MR) is 95.2 cm³/mol. The molecule has 1 saturated carbocycles. The fourth-order valence-corrected chi connectivity index (χ4v) is 2.72. The SMILES string of the molecule is Nc1ccc(C=C2CCC(=Cc3ccc(N)cc3O)C2=O)c(O)c1. The van der Waals surface area contributed by atoms with Gasteiger partial charge in [-0.3, -0.25) is 4.79 Å². The van der Waals surface area contributed by atoms with Crippen LogP contribution in [-0.4, -0.2) is 16.0 Å². The number of nitrogens with two attached hydrogens (primary N) is 2. The highest BCUT2D eigenvalue weighted by Gasteiger charge is 2.23. The van der Waals surface area contributed by atoms with Gasteiger partial charge in [-0.2, -0.15) is 0 Å². The summed E-state index contributed by atoms with van der Waals surface area (Å²) < 4.78 is 0. The first-order valence-electron chi connectivity index (χ1n) is 7.57. The third-order valence-corrected chi connectivity index (χ3v) is 4.02. The molecule has 0 bridgehead atoms. The van der Waals surface area contributed by atoms with Crippen LogP contribution >= 0.6 is 0 Å². The van der Waals surface area contributed by atoms with Crippen molar-refractivity contribution in [2.75, 3.05) is 11.5 Å². The Morgan fingerprint density at radius 1 is 0.792 bits per heavy atom. The van der Waals surface area contributed by atoms with Crippen LogP contribution in [0, 0.1) is 0 Å². The van der Waals surface area contributed by atoms with Gasteiger partial charge in [0.05, 0.1) is 0 Å². The minimum Gasteiger partial charge on any atom is -0.507 e. The number of benzene rings is 2. The summed E-state index contributed by atoms with van der Waals surface area (Å²) in [7, 11) is 0. The smallest absolute Gasteiger partial charge is 0.185 e. The Kier molecular flexibility index (Phi) is 4.00. The molecule has 5 nitrogen and oxygen atoms in total. The van der Waals surface area contributed by atoms with Gasteiger partial charge < -0.3 is 21.7 Å². The first kappa shape index (κ1) is 15.7. The van der Waals surface area contributed by atoms with Gasteiger partial charge in [0.2, 0.25) is 0 Å². The summed E-state index contributed by atoms with van der Waals surface area (Å²) >= 11 is 0. The van der Waals surface area contributed by atoms with Crippen molar-refractivity contribution in [3.05, 3.63) is 58.7 Å². The van der Waals surface area contributed by atoms with Crippen molar-refractivity contribution in [3.8, 4) is 11.5 Å². The molecule has 0 aromatic heterocycles. The van der Waals surface area contributed by atoms with E-state index in [4.69, 9.17) is 11.5 Å². The number of carbonyl (C=O) groups excluding carboxylic acids is 1. The predicted octanol–water partition coefficient (Wildman–Crippen LogP) is 3.09. The summed E-state index contributed by atoms with van der Waals surface area (Å²) in [5, 5.41) is 19.8. The fraction of sp³-hybridized carbons (Fsp3) is 0.105. The van der Waals surface area contributed by atoms with E-state index in [1.165, 1.54) is 12.1 Å². The minimum absolute atomic E-state index is 0.0453. The van der Waals surface area contributed by atoms with Crippen molar-refractivity contribution in [2.24, 2.45) is 0 Å². The van der Waals surface area contributed by atoms with Gasteiger partial charge in [0.1, 0.15) is 11.5 Å². The van der Waals surface area contributed by atoms with Crippen LogP contribution in [0.2, 0.25) is 0 Å². The average Bonchev–Trinajstić information content (AvgIpc) is 2.86. The molecule has 1 aliphatic carbocycles. The van der Waals surface area contributed by atoms with E-state index in [1.54, 1.807) is 36.4 Å². The Labute approximate surface area is 139 Å². The summed E-state index contributed by atoms with van der Waals surface area (Å²) in [5.74, 6) is 0.00951. The highest BCUT2D eigenvalue weighted by atomic mass is 16.3. The molecule has 0 atom stereocenters. The van der Waals surface area contributed by atoms with E-state index in [9.17, 15) is 15.0 Å². The zero-order chi connectivity index (χ0) is 17.3. The van der Waals surface area contributed by atoms with Gasteiger partial charge in [0.15, 0.2) is 5.78 Å². The molecule has 0 radical (unpaired) electrons. The molecule has 3 rings (SSSR count). The standard InChI is InChI=1S/C19H18N2O3/c20-15-5-3-11(17(22)9-15)7-13-1-2-14(19(13)24)8-12-4-6-16(21)10-18(12)23/h3-10,22-23H,1-2,20-21H2. The second-order valence-corrected chi connectivity index (χ2v) is 5.80. The molecule has 6 N–H and O–H groups in total. The third kappa shape index (κ3) is 3.10. The molecule has 2 aromatic rings. The molecule has 5 heteroatoms. The Morgan fingerprint density at radius 3 is 1.58 bits per heavy atom. The molecule has 0 unspecified atom stereocenters. The first-order chi connectivity index (χ1) is 11.4. The summed E-state index contributed by atoms with van der Waals surface area (Å²) in [4.78, 5) is 12.5. The number of allylic oxidation sites excluding steroid dienone is 2. The van der Waals surface area contributed by atoms with Crippen molar-refractivity contribution in [2.45, 2.75) is 12.8 Å². The van der Waals surface area contributed by atoms with Crippen LogP contribution in [0.25, 0.3) is 12.2 Å². The van der Waals surface area contributed by atoms with Gasteiger partial charge in [-0.25, -0.2) is 0 Å². The quantitative estimate of drug-likeness (QED) is 0.502. The topological polar surface area (TPSA) is 110 Å². The normalized spacial score (nSPS) is 17.8. The summed E-state index contributed by atoms with van der Waals surface area (Å²) in [6.07, 6.45) is 4.54. The Balaban J connectivity index is 1.89. The highest BCUT2D eigenvalue weighted by molar-refractivity contribution is 6.15. The van der Waals surface area contributed by atoms with Crippen LogP contribution in [0.3, 0.4) is 0 Å². The van der Waals surface area contributed by atoms with Crippen LogP contribution in [0.15, 0.2) is 47.5 Å². The molecule has 0 amide bonds. The zero-order valence-corrected chi connectivity index (χ0v) is 13.0. The maximum atomic E-state index is 12.5. The van der Waals surface area contributed by atoms with Crippen molar-refractivity contribution < 1.29 is 15.0 Å². The van der Waals surface area contributed by atoms with Crippen molar-refractivity contribution in [3.63, 3.8) is 0 Å². The van der Waals surface area contributed by atoms with E-state index in [-0.39, 0.29) is 17.3 Å². The monoisotopic (exact) mass is 322 g/mol. The number of anilines is 2. The highest BCUT2D eigenvalue weighted by Crippen LogP contribution is 2.33. The first-order valence-corrected chi connectivity index (χ1v) is 7.57. The van der Waals surface area contributed by atoms with E-state index in [1.807, 2.05) is 0 Å².